The Bertz CT molecular complexity index is 1380. The molecule has 1 aliphatic heterocycles. The van der Waals surface area contributed by atoms with Gasteiger partial charge in [0.1, 0.15) is 17.2 Å². The number of amides is 2. The predicted molar refractivity (Wildman–Crippen MR) is 129 cm³/mol. The number of hydrogen-bond donors (Lipinski definition) is 4. The molecule has 0 spiro atoms. The van der Waals surface area contributed by atoms with E-state index in [1.54, 1.807) is 20.8 Å². The summed E-state index contributed by atoms with van der Waals surface area (Å²) >= 11 is 0. The second-order valence-corrected chi connectivity index (χ2v) is 11.7. The van der Waals surface area contributed by atoms with Crippen molar-refractivity contribution in [1.29, 1.82) is 0 Å². The SMILES string of the molecule is CC(C)(C)N(C(=O)O)C1(c2nc(C(=O)NCc3ccc(F)cc3S(C)(=O)=O)c(O)c(=O)[nH]2)CCOCC1. The molecule has 4 N–H and O–H groups in total. The molecule has 0 atom stereocenters. The summed E-state index contributed by atoms with van der Waals surface area (Å²) in [6.45, 7) is 4.95. The number of aromatic amines is 1. The van der Waals surface area contributed by atoms with Gasteiger partial charge in [0.2, 0.25) is 5.75 Å². The van der Waals surface area contributed by atoms with Crippen LogP contribution in [0.2, 0.25) is 0 Å². The van der Waals surface area contributed by atoms with Crippen LogP contribution in [0.15, 0.2) is 27.9 Å². The van der Waals surface area contributed by atoms with Gasteiger partial charge in [-0.05, 0) is 38.5 Å². The van der Waals surface area contributed by atoms with E-state index >= 15 is 0 Å². The number of ether oxygens (including phenoxy) is 1. The number of aromatic nitrogens is 2. The van der Waals surface area contributed by atoms with Crippen molar-refractivity contribution >= 4 is 21.8 Å². The van der Waals surface area contributed by atoms with Crippen molar-refractivity contribution in [3.63, 3.8) is 0 Å². The number of sulfone groups is 1. The number of nitrogens with zero attached hydrogens (tertiary/aromatic N) is 2. The minimum absolute atomic E-state index is 0.0764. The molecule has 0 radical (unpaired) electrons. The molecule has 0 unspecified atom stereocenters. The Balaban J connectivity index is 2.05. The van der Waals surface area contributed by atoms with E-state index in [4.69, 9.17) is 4.74 Å². The highest BCUT2D eigenvalue weighted by molar-refractivity contribution is 7.90. The summed E-state index contributed by atoms with van der Waals surface area (Å²) in [6, 6.07) is 3.03. The van der Waals surface area contributed by atoms with Gasteiger partial charge in [0.05, 0.1) is 4.90 Å². The Labute approximate surface area is 212 Å². The lowest BCUT2D eigenvalue weighted by Crippen LogP contribution is -2.60. The summed E-state index contributed by atoms with van der Waals surface area (Å²) in [7, 11) is -3.83. The molecule has 1 aromatic heterocycles. The van der Waals surface area contributed by atoms with Gasteiger partial charge in [-0.1, -0.05) is 6.07 Å². The number of rotatable bonds is 6. The van der Waals surface area contributed by atoms with Crippen molar-refractivity contribution in [2.24, 2.45) is 0 Å². The lowest BCUT2D eigenvalue weighted by atomic mass is 9.83. The highest BCUT2D eigenvalue weighted by Gasteiger charge is 2.50. The fraction of sp³-hybridized carbons (Fsp3) is 0.478. The van der Waals surface area contributed by atoms with Crippen molar-refractivity contribution in [2.75, 3.05) is 19.5 Å². The van der Waals surface area contributed by atoms with Crippen LogP contribution in [-0.2, 0) is 26.7 Å². The van der Waals surface area contributed by atoms with E-state index in [0.717, 1.165) is 23.3 Å². The number of carboxylic acid groups (broad SMARTS) is 1. The molecule has 0 aliphatic carbocycles. The van der Waals surface area contributed by atoms with E-state index in [1.807, 2.05) is 0 Å². The van der Waals surface area contributed by atoms with Gasteiger partial charge >= 0.3 is 6.09 Å². The van der Waals surface area contributed by atoms with Crippen LogP contribution < -0.4 is 10.9 Å². The van der Waals surface area contributed by atoms with Gasteiger partial charge in [-0.25, -0.2) is 22.6 Å². The lowest BCUT2D eigenvalue weighted by Gasteiger charge is -2.49. The molecule has 1 aromatic carbocycles. The Morgan fingerprint density at radius 1 is 1.27 bits per heavy atom. The summed E-state index contributed by atoms with van der Waals surface area (Å²) in [5.74, 6) is -2.94. The van der Waals surface area contributed by atoms with E-state index in [1.165, 1.54) is 6.07 Å². The van der Waals surface area contributed by atoms with E-state index in [2.05, 4.69) is 15.3 Å². The van der Waals surface area contributed by atoms with Gasteiger partial charge in [0.25, 0.3) is 11.5 Å². The number of H-pyrrole nitrogens is 1. The van der Waals surface area contributed by atoms with Gasteiger partial charge < -0.3 is 25.3 Å². The predicted octanol–water partition coefficient (Wildman–Crippen LogP) is 1.73. The topological polar surface area (TPSA) is 179 Å². The van der Waals surface area contributed by atoms with Crippen LogP contribution in [0.5, 0.6) is 5.75 Å². The maximum Gasteiger partial charge on any atom is 0.408 e. The van der Waals surface area contributed by atoms with Gasteiger partial charge in [0, 0.05) is 44.4 Å². The summed E-state index contributed by atoms with van der Waals surface area (Å²) in [5.41, 5.74) is -3.96. The Morgan fingerprint density at radius 3 is 2.43 bits per heavy atom. The molecule has 1 fully saturated rings. The van der Waals surface area contributed by atoms with Crippen molar-refractivity contribution < 1.29 is 37.3 Å². The maximum absolute atomic E-state index is 13.6. The molecule has 0 bridgehead atoms. The quantitative estimate of drug-likeness (QED) is 0.424. The summed E-state index contributed by atoms with van der Waals surface area (Å²) in [5, 5.41) is 22.8. The Hall–Kier alpha value is -3.52. The number of carbonyl (C=O) groups excluding carboxylic acids is 1. The Morgan fingerprint density at radius 2 is 1.89 bits per heavy atom. The third kappa shape index (κ3) is 5.74. The molecule has 14 heteroatoms. The summed E-state index contributed by atoms with van der Waals surface area (Å²) in [4.78, 5) is 45.4. The molecule has 202 valence electrons. The van der Waals surface area contributed by atoms with Gasteiger partial charge in [-0.2, -0.15) is 0 Å². The number of carbonyl (C=O) groups is 2. The lowest BCUT2D eigenvalue weighted by molar-refractivity contribution is -0.0609. The van der Waals surface area contributed by atoms with Gasteiger partial charge in [-0.15, -0.1) is 0 Å². The van der Waals surface area contributed by atoms with Crippen LogP contribution in [0.25, 0.3) is 0 Å². The number of hydrogen-bond acceptors (Lipinski definition) is 8. The zero-order valence-corrected chi connectivity index (χ0v) is 21.6. The minimum atomic E-state index is -3.83. The highest BCUT2D eigenvalue weighted by atomic mass is 32.2. The van der Waals surface area contributed by atoms with Gasteiger partial charge in [0.15, 0.2) is 15.5 Å². The second kappa shape index (κ2) is 10.1. The standard InChI is InChI=1S/C23H29FN4O8S/c1-22(2,3)28(21(32)33)23(7-9-36-10-8-23)20-26-16(17(29)19(31)27-20)18(30)25-12-13-5-6-14(24)11-15(13)37(4,34)35/h5-6,11,29H,7-10,12H2,1-4H3,(H,25,30)(H,32,33)(H,26,27,31). The van der Waals surface area contributed by atoms with Crippen molar-refractivity contribution in [1.82, 2.24) is 20.2 Å². The first kappa shape index (κ1) is 28.1. The molecule has 37 heavy (non-hydrogen) atoms. The fourth-order valence-corrected chi connectivity index (χ4v) is 5.46. The van der Waals surface area contributed by atoms with E-state index in [-0.39, 0.29) is 48.9 Å². The summed E-state index contributed by atoms with van der Waals surface area (Å²) < 4.78 is 43.1. The summed E-state index contributed by atoms with van der Waals surface area (Å²) in [6.07, 6.45) is -0.141. The zero-order valence-electron chi connectivity index (χ0n) is 20.8. The maximum atomic E-state index is 13.6. The van der Waals surface area contributed by atoms with E-state index in [0.29, 0.717) is 0 Å². The van der Waals surface area contributed by atoms with Crippen LogP contribution in [0, 0.1) is 5.82 Å². The molecule has 0 saturated carbocycles. The highest BCUT2D eigenvalue weighted by Crippen LogP contribution is 2.41. The molecular formula is C23H29FN4O8S. The smallest absolute Gasteiger partial charge is 0.408 e. The Kier molecular flexibility index (Phi) is 7.65. The minimum Gasteiger partial charge on any atom is -0.501 e. The molecule has 12 nitrogen and oxygen atoms in total. The molecule has 2 heterocycles. The molecule has 1 aliphatic rings. The number of benzene rings is 1. The van der Waals surface area contributed by atoms with Crippen molar-refractivity contribution in [3.05, 3.63) is 51.5 Å². The molecule has 1 saturated heterocycles. The third-order valence-electron chi connectivity index (χ3n) is 6.03. The van der Waals surface area contributed by atoms with Crippen LogP contribution in [0.4, 0.5) is 9.18 Å². The molecular weight excluding hydrogens is 511 g/mol. The van der Waals surface area contributed by atoms with Gasteiger partial charge in [-0.3, -0.25) is 14.5 Å². The second-order valence-electron chi connectivity index (χ2n) is 9.75. The number of nitrogens with one attached hydrogen (secondary N) is 2. The average Bonchev–Trinajstić information content (AvgIpc) is 2.78. The first-order valence-electron chi connectivity index (χ1n) is 11.3. The first-order chi connectivity index (χ1) is 17.1. The van der Waals surface area contributed by atoms with Crippen molar-refractivity contribution in [3.8, 4) is 5.75 Å². The van der Waals surface area contributed by atoms with Crippen LogP contribution in [-0.4, -0.2) is 70.5 Å². The number of aromatic hydroxyl groups is 1. The fourth-order valence-electron chi connectivity index (χ4n) is 4.51. The molecule has 3 rings (SSSR count). The molecule has 2 amide bonds. The normalized spacial score (nSPS) is 15.7. The van der Waals surface area contributed by atoms with Crippen LogP contribution >= 0.6 is 0 Å². The monoisotopic (exact) mass is 540 g/mol. The van der Waals surface area contributed by atoms with Crippen LogP contribution in [0.3, 0.4) is 0 Å². The van der Waals surface area contributed by atoms with Crippen molar-refractivity contribution in [2.45, 2.75) is 56.1 Å². The average molecular weight is 541 g/mol. The largest absolute Gasteiger partial charge is 0.501 e. The number of halogens is 1. The van der Waals surface area contributed by atoms with E-state index in [9.17, 15) is 37.4 Å². The zero-order chi connectivity index (χ0) is 27.8. The first-order valence-corrected chi connectivity index (χ1v) is 13.2. The van der Waals surface area contributed by atoms with E-state index < -0.39 is 55.7 Å². The van der Waals surface area contributed by atoms with Crippen LogP contribution in [0.1, 0.15) is 55.5 Å². The molecule has 2 aromatic rings. The third-order valence-corrected chi connectivity index (χ3v) is 7.21.